The molecule has 0 bridgehead atoms. The Morgan fingerprint density at radius 2 is 2.00 bits per heavy atom. The van der Waals surface area contributed by atoms with Gasteiger partial charge in [-0.05, 0) is 48.4 Å². The van der Waals surface area contributed by atoms with Crippen molar-refractivity contribution in [2.24, 2.45) is 0 Å². The van der Waals surface area contributed by atoms with E-state index < -0.39 is 28.9 Å². The summed E-state index contributed by atoms with van der Waals surface area (Å²) in [5, 5.41) is 2.52. The summed E-state index contributed by atoms with van der Waals surface area (Å²) in [7, 11) is 0. The molecule has 0 saturated carbocycles. The number of hydrogen-bond acceptors (Lipinski definition) is 6. The van der Waals surface area contributed by atoms with Crippen LogP contribution >= 0.6 is 0 Å². The van der Waals surface area contributed by atoms with Crippen molar-refractivity contribution < 1.29 is 31.1 Å². The Bertz CT molecular complexity index is 1240. The summed E-state index contributed by atoms with van der Waals surface area (Å²) in [5.74, 6) is 0.760. The fourth-order valence-corrected chi connectivity index (χ4v) is 3.68. The third-order valence-corrected chi connectivity index (χ3v) is 5.38. The molecule has 1 aliphatic rings. The van der Waals surface area contributed by atoms with Crippen molar-refractivity contribution in [2.75, 3.05) is 23.0 Å². The smallest absolute Gasteiger partial charge is 0.416 e. The van der Waals surface area contributed by atoms with Gasteiger partial charge in [-0.2, -0.15) is 13.2 Å². The molecule has 2 aromatic carbocycles. The number of carbonyl (C=O) groups is 1. The standard InChI is InChI=1S/C22H19F3N4O4S/c1-34(31)32-12-17-11-20(27-13-26-17)33-18-5-6-19-14(9-18)7-8-29(19)21(30)28-16-4-2-3-15(10-16)22(23,24)25/h2-6,9-11,13H,7-8,12H2,1H3,(H,28,30). The average molecular weight is 492 g/mol. The van der Waals surface area contributed by atoms with Gasteiger partial charge in [0.15, 0.2) is 11.1 Å². The lowest BCUT2D eigenvalue weighted by Gasteiger charge is -2.19. The number of benzene rings is 2. The molecule has 0 radical (unpaired) electrons. The van der Waals surface area contributed by atoms with E-state index in [2.05, 4.69) is 15.3 Å². The van der Waals surface area contributed by atoms with E-state index in [0.717, 1.165) is 17.7 Å². The number of alkyl halides is 3. The van der Waals surface area contributed by atoms with E-state index in [1.54, 1.807) is 24.3 Å². The van der Waals surface area contributed by atoms with Crippen molar-refractivity contribution in [2.45, 2.75) is 19.2 Å². The van der Waals surface area contributed by atoms with Crippen molar-refractivity contribution in [3.05, 3.63) is 71.7 Å². The van der Waals surface area contributed by atoms with Gasteiger partial charge in [0.05, 0.1) is 11.3 Å². The van der Waals surface area contributed by atoms with Crippen LogP contribution in [-0.2, 0) is 34.5 Å². The van der Waals surface area contributed by atoms with Gasteiger partial charge in [0.1, 0.15) is 18.7 Å². The van der Waals surface area contributed by atoms with E-state index in [-0.39, 0.29) is 18.2 Å². The number of ether oxygens (including phenoxy) is 1. The van der Waals surface area contributed by atoms with E-state index in [4.69, 9.17) is 8.92 Å². The minimum Gasteiger partial charge on any atom is -0.439 e. The first-order chi connectivity index (χ1) is 16.2. The molecule has 0 aliphatic carbocycles. The largest absolute Gasteiger partial charge is 0.439 e. The van der Waals surface area contributed by atoms with Crippen molar-refractivity contribution in [1.29, 1.82) is 0 Å². The lowest BCUT2D eigenvalue weighted by atomic mass is 10.1. The van der Waals surface area contributed by atoms with Crippen LogP contribution in [0.25, 0.3) is 0 Å². The van der Waals surface area contributed by atoms with Gasteiger partial charge in [-0.1, -0.05) is 6.07 Å². The zero-order valence-electron chi connectivity index (χ0n) is 17.8. The molecule has 4 rings (SSSR count). The summed E-state index contributed by atoms with van der Waals surface area (Å²) in [6, 6.07) is 10.7. The van der Waals surface area contributed by atoms with Crippen molar-refractivity contribution in [3.8, 4) is 11.6 Å². The number of carbonyl (C=O) groups excluding carboxylic acids is 1. The van der Waals surface area contributed by atoms with E-state index >= 15 is 0 Å². The van der Waals surface area contributed by atoms with Crippen LogP contribution in [0, 0.1) is 0 Å². The maximum atomic E-state index is 12.9. The van der Waals surface area contributed by atoms with Crippen LogP contribution in [0.4, 0.5) is 29.3 Å². The van der Waals surface area contributed by atoms with E-state index in [1.165, 1.54) is 29.6 Å². The minimum atomic E-state index is -4.50. The van der Waals surface area contributed by atoms with E-state index in [1.807, 2.05) is 0 Å². The highest BCUT2D eigenvalue weighted by Crippen LogP contribution is 2.34. The van der Waals surface area contributed by atoms with Crippen molar-refractivity contribution in [3.63, 3.8) is 0 Å². The number of halogens is 3. The molecule has 1 aliphatic heterocycles. The summed E-state index contributed by atoms with van der Waals surface area (Å²) >= 11 is -1.43. The number of anilines is 2. The zero-order chi connectivity index (χ0) is 24.3. The molecule has 12 heteroatoms. The van der Waals surface area contributed by atoms with Gasteiger partial charge in [0, 0.05) is 30.2 Å². The monoisotopic (exact) mass is 492 g/mol. The summed E-state index contributed by atoms with van der Waals surface area (Å²) in [6.45, 7) is 0.412. The molecule has 0 spiro atoms. The highest BCUT2D eigenvalue weighted by atomic mass is 32.2. The first-order valence-corrected chi connectivity index (χ1v) is 11.5. The molecule has 0 saturated heterocycles. The van der Waals surface area contributed by atoms with E-state index in [9.17, 15) is 22.2 Å². The maximum Gasteiger partial charge on any atom is 0.416 e. The average Bonchev–Trinajstić information content (AvgIpc) is 3.21. The minimum absolute atomic E-state index is 0.0438. The van der Waals surface area contributed by atoms with Crippen molar-refractivity contribution in [1.82, 2.24) is 9.97 Å². The molecule has 1 atom stereocenters. The fourth-order valence-electron chi connectivity index (χ4n) is 3.39. The molecule has 3 aromatic rings. The van der Waals surface area contributed by atoms with Crippen LogP contribution in [0.15, 0.2) is 54.9 Å². The van der Waals surface area contributed by atoms with Gasteiger partial charge >= 0.3 is 12.2 Å². The Labute approximate surface area is 195 Å². The Morgan fingerprint density at radius 3 is 2.76 bits per heavy atom. The highest BCUT2D eigenvalue weighted by molar-refractivity contribution is 7.79. The maximum absolute atomic E-state index is 12.9. The zero-order valence-corrected chi connectivity index (χ0v) is 18.7. The topological polar surface area (TPSA) is 93.7 Å². The molecule has 34 heavy (non-hydrogen) atoms. The van der Waals surface area contributed by atoms with Crippen LogP contribution in [0.3, 0.4) is 0 Å². The molecule has 2 amide bonds. The number of nitrogens with zero attached hydrogens (tertiary/aromatic N) is 3. The van der Waals surface area contributed by atoms with Crippen LogP contribution in [0.1, 0.15) is 16.8 Å². The van der Waals surface area contributed by atoms with Gasteiger partial charge in [-0.25, -0.2) is 19.0 Å². The second-order valence-electron chi connectivity index (χ2n) is 7.31. The third-order valence-electron chi connectivity index (χ3n) is 4.93. The second-order valence-corrected chi connectivity index (χ2v) is 8.35. The molecule has 8 nitrogen and oxygen atoms in total. The number of urea groups is 1. The first-order valence-electron chi connectivity index (χ1n) is 10.0. The van der Waals surface area contributed by atoms with Gasteiger partial charge in [-0.15, -0.1) is 0 Å². The van der Waals surface area contributed by atoms with Crippen LogP contribution < -0.4 is 15.0 Å². The first kappa shape index (κ1) is 23.6. The Morgan fingerprint density at radius 1 is 1.18 bits per heavy atom. The third kappa shape index (κ3) is 5.69. The van der Waals surface area contributed by atoms with Crippen LogP contribution in [0.5, 0.6) is 11.6 Å². The number of rotatable bonds is 6. The van der Waals surface area contributed by atoms with E-state index in [0.29, 0.717) is 30.1 Å². The predicted molar refractivity (Wildman–Crippen MR) is 119 cm³/mol. The van der Waals surface area contributed by atoms with Crippen LogP contribution in [0.2, 0.25) is 0 Å². The molecule has 178 valence electrons. The summed E-state index contributed by atoms with van der Waals surface area (Å²) in [4.78, 5) is 22.3. The lowest BCUT2D eigenvalue weighted by Crippen LogP contribution is -2.33. The number of amides is 2. The normalized spacial score (nSPS) is 13.9. The molecule has 2 heterocycles. The number of nitrogens with one attached hydrogen (secondary N) is 1. The predicted octanol–water partition coefficient (Wildman–Crippen LogP) is 4.69. The van der Waals surface area contributed by atoms with Gasteiger partial charge < -0.3 is 10.1 Å². The number of hydrogen-bond donors (Lipinski definition) is 1. The van der Waals surface area contributed by atoms with Gasteiger partial charge in [0.2, 0.25) is 5.88 Å². The number of aromatic nitrogens is 2. The molecular formula is C22H19F3N4O4S. The molecule has 1 N–H and O–H groups in total. The van der Waals surface area contributed by atoms with Gasteiger partial charge in [0.25, 0.3) is 0 Å². The Kier molecular flexibility index (Phi) is 6.80. The Hall–Kier alpha value is -3.51. The van der Waals surface area contributed by atoms with Gasteiger partial charge in [-0.3, -0.25) is 9.08 Å². The quantitative estimate of drug-likeness (QED) is 0.537. The van der Waals surface area contributed by atoms with Crippen LogP contribution in [-0.4, -0.2) is 33.0 Å². The second kappa shape index (κ2) is 9.77. The number of fused-ring (bicyclic) bond motifs is 1. The molecule has 1 unspecified atom stereocenters. The SMILES string of the molecule is CS(=O)OCc1cc(Oc2ccc3c(c2)CCN3C(=O)Nc2cccc(C(F)(F)F)c2)ncn1. The highest BCUT2D eigenvalue weighted by Gasteiger charge is 2.31. The van der Waals surface area contributed by atoms with Crippen molar-refractivity contribution >= 4 is 28.5 Å². The summed E-state index contributed by atoms with van der Waals surface area (Å²) < 4.78 is 60.7. The Balaban J connectivity index is 1.44. The fraction of sp³-hybridized carbons (Fsp3) is 0.227. The summed E-state index contributed by atoms with van der Waals surface area (Å²) in [5.41, 5.74) is 1.20. The molecular weight excluding hydrogens is 473 g/mol. The molecule has 1 aromatic heterocycles. The molecule has 0 fully saturated rings. The summed E-state index contributed by atoms with van der Waals surface area (Å²) in [6.07, 6.45) is -1.23. The lowest BCUT2D eigenvalue weighted by molar-refractivity contribution is -0.137.